The molecule has 8 nitrogen and oxygen atoms in total. The second-order valence-corrected chi connectivity index (χ2v) is 8.14. The maximum atomic E-state index is 14.4. The number of pyridine rings is 1. The molecule has 0 saturated carbocycles. The van der Waals surface area contributed by atoms with Crippen LogP contribution in [0.15, 0.2) is 42.7 Å². The van der Waals surface area contributed by atoms with Gasteiger partial charge in [0.05, 0.1) is 18.0 Å². The fourth-order valence-electron chi connectivity index (χ4n) is 3.45. The molecule has 1 aliphatic rings. The summed E-state index contributed by atoms with van der Waals surface area (Å²) in [5, 5.41) is 7.02. The molecule has 3 aromatic heterocycles. The smallest absolute Gasteiger partial charge is 0.236 e. The molecule has 3 N–H and O–H groups in total. The van der Waals surface area contributed by atoms with Crippen molar-refractivity contribution < 1.29 is 18.3 Å². The topological polar surface area (TPSA) is 108 Å². The molecular formula is C21H16F2N6O2S. The van der Waals surface area contributed by atoms with E-state index in [9.17, 15) is 13.6 Å². The number of aromatic nitrogens is 4. The zero-order valence-corrected chi connectivity index (χ0v) is 17.3. The van der Waals surface area contributed by atoms with Crippen LogP contribution in [-0.2, 0) is 11.2 Å². The highest BCUT2D eigenvalue weighted by atomic mass is 32.1. The zero-order valence-electron chi connectivity index (χ0n) is 16.5. The Kier molecular flexibility index (Phi) is 5.02. The van der Waals surface area contributed by atoms with Gasteiger partial charge in [0, 0.05) is 22.9 Å². The monoisotopic (exact) mass is 454 g/mol. The third-order valence-corrected chi connectivity index (χ3v) is 6.05. The average Bonchev–Trinajstić information content (AvgIpc) is 3.36. The van der Waals surface area contributed by atoms with Crippen molar-refractivity contribution in [2.75, 3.05) is 18.5 Å². The van der Waals surface area contributed by atoms with E-state index in [2.05, 4.69) is 20.4 Å². The Labute approximate surface area is 184 Å². The van der Waals surface area contributed by atoms with Gasteiger partial charge in [-0.25, -0.2) is 23.4 Å². The first kappa shape index (κ1) is 20.1. The number of amides is 1. The highest BCUT2D eigenvalue weighted by Gasteiger charge is 2.23. The molecule has 0 bridgehead atoms. The molecule has 0 aliphatic carbocycles. The van der Waals surface area contributed by atoms with Gasteiger partial charge in [-0.3, -0.25) is 4.79 Å². The van der Waals surface area contributed by atoms with E-state index >= 15 is 0 Å². The molecule has 5 rings (SSSR count). The van der Waals surface area contributed by atoms with Crippen LogP contribution in [0.2, 0.25) is 0 Å². The number of nitrogens with one attached hydrogen (secondary N) is 1. The molecule has 1 aliphatic heterocycles. The molecule has 32 heavy (non-hydrogen) atoms. The number of benzene rings is 1. The zero-order chi connectivity index (χ0) is 22.2. The van der Waals surface area contributed by atoms with Crippen molar-refractivity contribution in [2.45, 2.75) is 6.42 Å². The van der Waals surface area contributed by atoms with Crippen LogP contribution in [0.25, 0.3) is 27.6 Å². The minimum Gasteiger partial charge on any atom is -0.491 e. The SMILES string of the molecule is NC(=O)CNc1ccc2c(n1)-c1cc(-c3ncnn3-c3ccc(F)cc3F)sc1CCO2. The van der Waals surface area contributed by atoms with Gasteiger partial charge >= 0.3 is 0 Å². The lowest BCUT2D eigenvalue weighted by Gasteiger charge is -2.09. The number of carbonyl (C=O) groups excluding carboxylic acids is 1. The van der Waals surface area contributed by atoms with Crippen LogP contribution in [0.3, 0.4) is 0 Å². The first-order chi connectivity index (χ1) is 15.5. The van der Waals surface area contributed by atoms with Gasteiger partial charge in [-0.1, -0.05) is 0 Å². The second kappa shape index (κ2) is 8.00. The number of rotatable bonds is 5. The number of fused-ring (bicyclic) bond motifs is 3. The Morgan fingerprint density at radius 1 is 1.25 bits per heavy atom. The number of ether oxygens (including phenoxy) is 1. The molecule has 0 saturated heterocycles. The predicted octanol–water partition coefficient (Wildman–Crippen LogP) is 3.17. The highest BCUT2D eigenvalue weighted by Crippen LogP contribution is 2.42. The quantitative estimate of drug-likeness (QED) is 0.480. The molecule has 0 radical (unpaired) electrons. The molecular weight excluding hydrogens is 438 g/mol. The first-order valence-corrected chi connectivity index (χ1v) is 10.5. The van der Waals surface area contributed by atoms with Gasteiger partial charge in [0.15, 0.2) is 11.6 Å². The summed E-state index contributed by atoms with van der Waals surface area (Å²) in [6, 6.07) is 8.71. The van der Waals surface area contributed by atoms with Crippen LogP contribution < -0.4 is 15.8 Å². The van der Waals surface area contributed by atoms with Gasteiger partial charge in [0.1, 0.15) is 35.1 Å². The van der Waals surface area contributed by atoms with Crippen LogP contribution in [0, 0.1) is 11.6 Å². The minimum atomic E-state index is -0.736. The van der Waals surface area contributed by atoms with E-state index in [-0.39, 0.29) is 12.2 Å². The van der Waals surface area contributed by atoms with E-state index in [4.69, 9.17) is 10.5 Å². The summed E-state index contributed by atoms with van der Waals surface area (Å²) in [6.45, 7) is 0.426. The summed E-state index contributed by atoms with van der Waals surface area (Å²) in [5.41, 5.74) is 6.78. The number of nitrogens with zero attached hydrogens (tertiary/aromatic N) is 4. The van der Waals surface area contributed by atoms with Crippen molar-refractivity contribution in [3.8, 4) is 33.4 Å². The van der Waals surface area contributed by atoms with E-state index in [1.165, 1.54) is 34.5 Å². The van der Waals surface area contributed by atoms with Crippen LogP contribution >= 0.6 is 11.3 Å². The van der Waals surface area contributed by atoms with Gasteiger partial charge < -0.3 is 15.8 Å². The summed E-state index contributed by atoms with van der Waals surface area (Å²) >= 11 is 1.48. The molecule has 11 heteroatoms. The standard InChI is InChI=1S/C21H16F2N6O2S/c22-11-1-2-14(13(23)7-11)29-21(26-10-27-29)17-8-12-16(32-17)5-6-31-15-3-4-19(28-20(12)15)25-9-18(24)30/h1-4,7-8,10H,5-6,9H2,(H2,24,30)(H,25,28). The molecule has 0 fully saturated rings. The third-order valence-electron chi connectivity index (χ3n) is 4.86. The summed E-state index contributed by atoms with van der Waals surface area (Å²) in [6.07, 6.45) is 1.98. The average molecular weight is 454 g/mol. The number of anilines is 1. The molecule has 0 atom stereocenters. The van der Waals surface area contributed by atoms with Crippen molar-refractivity contribution in [3.05, 3.63) is 59.2 Å². The molecule has 4 aromatic rings. The van der Waals surface area contributed by atoms with Crippen LogP contribution in [0.1, 0.15) is 4.88 Å². The fraction of sp³-hybridized carbons (Fsp3) is 0.143. The predicted molar refractivity (Wildman–Crippen MR) is 115 cm³/mol. The fourth-order valence-corrected chi connectivity index (χ4v) is 4.57. The molecule has 4 heterocycles. The Bertz CT molecular complexity index is 1340. The maximum absolute atomic E-state index is 14.4. The molecule has 0 spiro atoms. The summed E-state index contributed by atoms with van der Waals surface area (Å²) < 4.78 is 34.9. The van der Waals surface area contributed by atoms with Crippen LogP contribution in [-0.4, -0.2) is 38.8 Å². The Morgan fingerprint density at radius 3 is 2.94 bits per heavy atom. The number of hydrogen-bond donors (Lipinski definition) is 2. The second-order valence-electron chi connectivity index (χ2n) is 7.00. The lowest BCUT2D eigenvalue weighted by atomic mass is 10.1. The third kappa shape index (κ3) is 3.66. The Balaban J connectivity index is 1.57. The normalized spacial score (nSPS) is 12.4. The van der Waals surface area contributed by atoms with Gasteiger partial charge in [-0.2, -0.15) is 5.10 Å². The first-order valence-electron chi connectivity index (χ1n) is 9.64. The van der Waals surface area contributed by atoms with Gasteiger partial charge in [-0.15, -0.1) is 11.3 Å². The molecule has 0 unspecified atom stereocenters. The number of halogens is 2. The van der Waals surface area contributed by atoms with Crippen molar-refractivity contribution in [3.63, 3.8) is 0 Å². The largest absolute Gasteiger partial charge is 0.491 e. The summed E-state index contributed by atoms with van der Waals surface area (Å²) in [4.78, 5) is 21.8. The van der Waals surface area contributed by atoms with E-state index in [1.54, 1.807) is 12.1 Å². The van der Waals surface area contributed by atoms with E-state index in [0.717, 1.165) is 21.4 Å². The van der Waals surface area contributed by atoms with E-state index < -0.39 is 17.5 Å². The van der Waals surface area contributed by atoms with Crippen molar-refractivity contribution >= 4 is 23.1 Å². The van der Waals surface area contributed by atoms with E-state index in [0.29, 0.717) is 36.1 Å². The lowest BCUT2D eigenvalue weighted by molar-refractivity contribution is -0.116. The number of nitrogens with two attached hydrogens (primary N) is 1. The van der Waals surface area contributed by atoms with Crippen molar-refractivity contribution in [1.82, 2.24) is 19.7 Å². The molecule has 1 aromatic carbocycles. The summed E-state index contributed by atoms with van der Waals surface area (Å²) in [5.74, 6) is -0.366. The van der Waals surface area contributed by atoms with Gasteiger partial charge in [0.2, 0.25) is 5.91 Å². The maximum Gasteiger partial charge on any atom is 0.236 e. The van der Waals surface area contributed by atoms with Crippen LogP contribution in [0.5, 0.6) is 5.75 Å². The Morgan fingerprint density at radius 2 is 2.12 bits per heavy atom. The van der Waals surface area contributed by atoms with E-state index in [1.807, 2.05) is 6.07 Å². The molecule has 1 amide bonds. The highest BCUT2D eigenvalue weighted by molar-refractivity contribution is 7.16. The van der Waals surface area contributed by atoms with Gasteiger partial charge in [-0.05, 0) is 30.3 Å². The minimum absolute atomic E-state index is 0.0409. The Hall–Kier alpha value is -3.86. The summed E-state index contributed by atoms with van der Waals surface area (Å²) in [7, 11) is 0. The van der Waals surface area contributed by atoms with Gasteiger partial charge in [0.25, 0.3) is 0 Å². The van der Waals surface area contributed by atoms with Crippen molar-refractivity contribution in [2.24, 2.45) is 5.73 Å². The number of thiophene rings is 1. The lowest BCUT2D eigenvalue weighted by Crippen LogP contribution is -2.22. The number of carbonyl (C=O) groups is 1. The number of primary amides is 1. The molecule has 162 valence electrons. The van der Waals surface area contributed by atoms with Crippen molar-refractivity contribution in [1.29, 1.82) is 0 Å². The van der Waals surface area contributed by atoms with Crippen LogP contribution in [0.4, 0.5) is 14.6 Å². The number of hydrogen-bond acceptors (Lipinski definition) is 7.